The van der Waals surface area contributed by atoms with Crippen LogP contribution < -0.4 is 0 Å². The van der Waals surface area contributed by atoms with Crippen molar-refractivity contribution in [1.29, 1.82) is 0 Å². The molecule has 1 heterocycles. The number of nitrogens with zero attached hydrogens (tertiary/aromatic N) is 1. The Balaban J connectivity index is 0.00000176. The van der Waals surface area contributed by atoms with Crippen LogP contribution in [-0.2, 0) is 9.53 Å². The number of ether oxygens (including phenoxy) is 1. The summed E-state index contributed by atoms with van der Waals surface area (Å²) >= 11 is 0. The molecule has 22 heavy (non-hydrogen) atoms. The van der Waals surface area contributed by atoms with Crippen molar-refractivity contribution in [2.45, 2.75) is 19.4 Å². The van der Waals surface area contributed by atoms with E-state index in [1.807, 2.05) is 12.1 Å². The van der Waals surface area contributed by atoms with E-state index in [0.717, 1.165) is 13.1 Å². The van der Waals surface area contributed by atoms with Crippen molar-refractivity contribution in [2.24, 2.45) is 5.92 Å². The molecule has 2 aliphatic rings. The van der Waals surface area contributed by atoms with Gasteiger partial charge in [0.1, 0.15) is 0 Å². The van der Waals surface area contributed by atoms with Gasteiger partial charge in [-0.05, 0) is 36.1 Å². The topological polar surface area (TPSA) is 49.8 Å². The van der Waals surface area contributed by atoms with Crippen LogP contribution in [0.3, 0.4) is 0 Å². The Morgan fingerprint density at radius 1 is 1.41 bits per heavy atom. The van der Waals surface area contributed by atoms with Gasteiger partial charge in [-0.25, -0.2) is 0 Å². The molecule has 0 spiro atoms. The summed E-state index contributed by atoms with van der Waals surface area (Å²) in [6.45, 7) is 4.37. The third-order valence-electron chi connectivity index (χ3n) is 4.28. The maximum atomic E-state index is 11.9. The van der Waals surface area contributed by atoms with E-state index >= 15 is 0 Å². The van der Waals surface area contributed by atoms with Crippen LogP contribution in [0.4, 0.5) is 0 Å². The van der Waals surface area contributed by atoms with Gasteiger partial charge in [-0.1, -0.05) is 24.3 Å². The predicted molar refractivity (Wildman–Crippen MR) is 88.7 cm³/mol. The molecule has 0 bridgehead atoms. The van der Waals surface area contributed by atoms with Crippen LogP contribution in [-0.4, -0.2) is 48.3 Å². The van der Waals surface area contributed by atoms with Gasteiger partial charge in [0, 0.05) is 19.6 Å². The minimum atomic E-state index is -0.581. The van der Waals surface area contributed by atoms with Gasteiger partial charge in [-0.15, -0.1) is 12.4 Å². The van der Waals surface area contributed by atoms with E-state index < -0.39 is 12.0 Å². The predicted octanol–water partition coefficient (Wildman–Crippen LogP) is 2.21. The smallest absolute Gasteiger partial charge is 0.312 e. The number of hydrogen-bond acceptors (Lipinski definition) is 4. The van der Waals surface area contributed by atoms with Gasteiger partial charge < -0.3 is 9.84 Å². The summed E-state index contributed by atoms with van der Waals surface area (Å²) in [5.41, 5.74) is 3.90. The van der Waals surface area contributed by atoms with Crippen LogP contribution in [0.25, 0.3) is 11.6 Å². The van der Waals surface area contributed by atoms with Crippen molar-refractivity contribution in [1.82, 2.24) is 4.90 Å². The monoisotopic (exact) mass is 323 g/mol. The molecular weight excluding hydrogens is 302 g/mol. The van der Waals surface area contributed by atoms with E-state index in [2.05, 4.69) is 23.1 Å². The molecular formula is C17H22ClNO3. The molecule has 1 aliphatic heterocycles. The molecule has 1 aromatic carbocycles. The van der Waals surface area contributed by atoms with E-state index in [0.29, 0.717) is 19.6 Å². The number of carbonyl (C=O) groups is 1. The number of aliphatic hydroxyl groups excluding tert-OH is 1. The summed E-state index contributed by atoms with van der Waals surface area (Å²) < 4.78 is 5.06. The molecule has 0 amide bonds. The number of aliphatic hydroxyl groups is 1. The van der Waals surface area contributed by atoms with Crippen LogP contribution in [0, 0.1) is 5.92 Å². The molecule has 1 N–H and O–H groups in total. The minimum absolute atomic E-state index is 0. The number of likely N-dealkylation sites (tertiary alicyclic amines) is 1. The van der Waals surface area contributed by atoms with Gasteiger partial charge in [0.05, 0.1) is 18.6 Å². The lowest BCUT2D eigenvalue weighted by Crippen LogP contribution is -2.47. The summed E-state index contributed by atoms with van der Waals surface area (Å²) in [6.07, 6.45) is 2.24. The van der Waals surface area contributed by atoms with Crippen LogP contribution in [0.15, 0.2) is 24.3 Å². The molecule has 120 valence electrons. The number of hydrogen-bond donors (Lipinski definition) is 1. The Labute approximate surface area is 137 Å². The summed E-state index contributed by atoms with van der Waals surface area (Å²) in [7, 11) is 0. The molecule has 1 aromatic rings. The zero-order valence-electron chi connectivity index (χ0n) is 12.7. The van der Waals surface area contributed by atoms with Crippen molar-refractivity contribution in [3.8, 4) is 0 Å². The fourth-order valence-electron chi connectivity index (χ4n) is 3.11. The normalized spacial score (nSPS) is 23.6. The van der Waals surface area contributed by atoms with Crippen molar-refractivity contribution < 1.29 is 14.6 Å². The van der Waals surface area contributed by atoms with Crippen molar-refractivity contribution in [3.05, 3.63) is 35.4 Å². The van der Waals surface area contributed by atoms with Gasteiger partial charge in [-0.3, -0.25) is 9.69 Å². The zero-order chi connectivity index (χ0) is 14.8. The quantitative estimate of drug-likeness (QED) is 0.863. The number of rotatable bonds is 4. The number of fused-ring (bicyclic) bond motifs is 1. The summed E-state index contributed by atoms with van der Waals surface area (Å²) in [5.74, 6) is -0.702. The SMILES string of the molecule is CCOC(=O)[C@@H]1CN(CC2=Cc3ccccc32)CC[C@@H]1O.Cl. The lowest BCUT2D eigenvalue weighted by molar-refractivity contribution is -0.155. The Morgan fingerprint density at radius 2 is 2.18 bits per heavy atom. The molecule has 1 aliphatic carbocycles. The highest BCUT2D eigenvalue weighted by atomic mass is 35.5. The second kappa shape index (κ2) is 7.27. The maximum Gasteiger partial charge on any atom is 0.312 e. The third kappa shape index (κ3) is 3.35. The van der Waals surface area contributed by atoms with E-state index in [9.17, 15) is 9.90 Å². The van der Waals surface area contributed by atoms with Gasteiger partial charge in [0.2, 0.25) is 0 Å². The summed E-state index contributed by atoms with van der Waals surface area (Å²) in [5, 5.41) is 10.0. The number of benzene rings is 1. The molecule has 1 fully saturated rings. The van der Waals surface area contributed by atoms with E-state index in [4.69, 9.17) is 4.74 Å². The second-order valence-electron chi connectivity index (χ2n) is 5.71. The first kappa shape index (κ1) is 17.0. The van der Waals surface area contributed by atoms with E-state index in [1.165, 1.54) is 16.7 Å². The van der Waals surface area contributed by atoms with Crippen LogP contribution in [0.2, 0.25) is 0 Å². The largest absolute Gasteiger partial charge is 0.466 e. The molecule has 1 saturated heterocycles. The maximum absolute atomic E-state index is 11.9. The molecule has 4 nitrogen and oxygen atoms in total. The minimum Gasteiger partial charge on any atom is -0.466 e. The number of esters is 1. The number of piperidine rings is 1. The molecule has 2 atom stereocenters. The Hall–Kier alpha value is -1.36. The molecule has 5 heteroatoms. The molecule has 0 radical (unpaired) electrons. The van der Waals surface area contributed by atoms with Crippen molar-refractivity contribution in [3.63, 3.8) is 0 Å². The van der Waals surface area contributed by atoms with Gasteiger partial charge in [0.25, 0.3) is 0 Å². The van der Waals surface area contributed by atoms with Gasteiger partial charge >= 0.3 is 5.97 Å². The van der Waals surface area contributed by atoms with Gasteiger partial charge in [0.15, 0.2) is 0 Å². The first-order valence-electron chi connectivity index (χ1n) is 7.56. The fourth-order valence-corrected chi connectivity index (χ4v) is 3.11. The fraction of sp³-hybridized carbons (Fsp3) is 0.471. The molecule has 0 aromatic heterocycles. The molecule has 0 saturated carbocycles. The average molecular weight is 324 g/mol. The molecule has 3 rings (SSSR count). The van der Waals surface area contributed by atoms with E-state index in [1.54, 1.807) is 6.92 Å². The van der Waals surface area contributed by atoms with Gasteiger partial charge in [-0.2, -0.15) is 0 Å². The highest BCUT2D eigenvalue weighted by Gasteiger charge is 2.34. The lowest BCUT2D eigenvalue weighted by Gasteiger charge is -2.36. The second-order valence-corrected chi connectivity index (χ2v) is 5.71. The third-order valence-corrected chi connectivity index (χ3v) is 4.28. The van der Waals surface area contributed by atoms with Crippen LogP contribution in [0.5, 0.6) is 0 Å². The first-order chi connectivity index (χ1) is 10.2. The Kier molecular flexibility index (Phi) is 5.62. The van der Waals surface area contributed by atoms with Crippen molar-refractivity contribution in [2.75, 3.05) is 26.2 Å². The average Bonchev–Trinajstić information content (AvgIpc) is 2.46. The lowest BCUT2D eigenvalue weighted by atomic mass is 9.87. The summed E-state index contributed by atoms with van der Waals surface area (Å²) in [4.78, 5) is 14.1. The molecule has 0 unspecified atom stereocenters. The Bertz CT molecular complexity index is 573. The van der Waals surface area contributed by atoms with Crippen LogP contribution in [0.1, 0.15) is 24.5 Å². The van der Waals surface area contributed by atoms with E-state index in [-0.39, 0.29) is 18.4 Å². The number of carbonyl (C=O) groups excluding carboxylic acids is 1. The zero-order valence-corrected chi connectivity index (χ0v) is 13.5. The van der Waals surface area contributed by atoms with Crippen LogP contribution >= 0.6 is 12.4 Å². The first-order valence-corrected chi connectivity index (χ1v) is 7.56. The Morgan fingerprint density at radius 3 is 2.91 bits per heavy atom. The highest BCUT2D eigenvalue weighted by Crippen LogP contribution is 2.33. The standard InChI is InChI=1S/C17H21NO3.ClH/c1-2-21-17(20)15-11-18(8-7-16(15)19)10-13-9-12-5-3-4-6-14(12)13;/h3-6,9,15-16,19H,2,7-8,10-11H2,1H3;1H/t15-,16+;/m1./s1. The summed E-state index contributed by atoms with van der Waals surface area (Å²) in [6, 6.07) is 8.33. The number of halogens is 1. The highest BCUT2D eigenvalue weighted by molar-refractivity contribution is 5.96. The van der Waals surface area contributed by atoms with Crippen molar-refractivity contribution >= 4 is 30.0 Å².